The minimum atomic E-state index is -4.31. The average molecular weight is 509 g/mol. The van der Waals surface area contributed by atoms with E-state index < -0.39 is 11.7 Å². The van der Waals surface area contributed by atoms with Crippen molar-refractivity contribution in [3.8, 4) is 0 Å². The molecule has 5 nitrogen and oxygen atoms in total. The summed E-state index contributed by atoms with van der Waals surface area (Å²) in [5.74, 6) is 0.217. The summed E-state index contributed by atoms with van der Waals surface area (Å²) in [5, 5.41) is 4.22. The van der Waals surface area contributed by atoms with E-state index in [0.29, 0.717) is 17.5 Å². The molecule has 2 saturated heterocycles. The zero-order chi connectivity index (χ0) is 24.8. The molecule has 0 bridgehead atoms. The Balaban J connectivity index is 1.12. The molecule has 0 radical (unpaired) electrons. The first-order valence-corrected chi connectivity index (χ1v) is 12.6. The molecule has 190 valence electrons. The largest absolute Gasteiger partial charge is 0.416 e. The molecule has 0 spiro atoms. The van der Waals surface area contributed by atoms with Crippen molar-refractivity contribution in [1.82, 2.24) is 9.80 Å². The van der Waals surface area contributed by atoms with Crippen molar-refractivity contribution in [2.24, 2.45) is 0 Å². The summed E-state index contributed by atoms with van der Waals surface area (Å²) in [6.45, 7) is 5.62. The summed E-state index contributed by atoms with van der Waals surface area (Å²) in [5.41, 5.74) is 1.22. The number of halogens is 4. The number of alkyl halides is 3. The van der Waals surface area contributed by atoms with E-state index in [-0.39, 0.29) is 5.91 Å². The molecule has 0 unspecified atom stereocenters. The molecule has 2 aliphatic heterocycles. The summed E-state index contributed by atoms with van der Waals surface area (Å²) in [6, 6.07) is 13.4. The van der Waals surface area contributed by atoms with Gasteiger partial charge < -0.3 is 15.1 Å². The lowest BCUT2D eigenvalue weighted by Crippen LogP contribution is -2.47. The quantitative estimate of drug-likeness (QED) is 0.546. The highest BCUT2D eigenvalue weighted by molar-refractivity contribution is 6.30. The van der Waals surface area contributed by atoms with Crippen LogP contribution in [0, 0.1) is 0 Å². The summed E-state index contributed by atoms with van der Waals surface area (Å²) in [4.78, 5) is 19.1. The second-order valence-corrected chi connectivity index (χ2v) is 9.72. The van der Waals surface area contributed by atoms with Crippen molar-refractivity contribution >= 4 is 28.9 Å². The molecule has 1 amide bonds. The summed E-state index contributed by atoms with van der Waals surface area (Å²) in [7, 11) is 0. The van der Waals surface area contributed by atoms with Gasteiger partial charge in [0, 0.05) is 68.1 Å². The number of carbonyl (C=O) groups is 1. The van der Waals surface area contributed by atoms with Gasteiger partial charge in [0.2, 0.25) is 5.91 Å². The molecule has 2 aliphatic rings. The van der Waals surface area contributed by atoms with Gasteiger partial charge >= 0.3 is 6.18 Å². The van der Waals surface area contributed by atoms with Crippen molar-refractivity contribution in [1.29, 1.82) is 0 Å². The fraction of sp³-hybridized carbons (Fsp3) is 0.500. The zero-order valence-corrected chi connectivity index (χ0v) is 20.5. The maximum atomic E-state index is 12.8. The zero-order valence-electron chi connectivity index (χ0n) is 19.7. The molecule has 0 saturated carbocycles. The van der Waals surface area contributed by atoms with Gasteiger partial charge in [-0.1, -0.05) is 17.7 Å². The first-order valence-electron chi connectivity index (χ1n) is 12.2. The molecule has 4 rings (SSSR count). The Morgan fingerprint density at radius 3 is 2.29 bits per heavy atom. The van der Waals surface area contributed by atoms with Crippen LogP contribution in [0.4, 0.5) is 24.5 Å². The number of piperidine rings is 1. The van der Waals surface area contributed by atoms with Gasteiger partial charge in [-0.15, -0.1) is 0 Å². The summed E-state index contributed by atoms with van der Waals surface area (Å²) < 4.78 is 38.3. The molecule has 2 aromatic carbocycles. The van der Waals surface area contributed by atoms with E-state index in [1.54, 1.807) is 12.1 Å². The third-order valence-electron chi connectivity index (χ3n) is 6.84. The van der Waals surface area contributed by atoms with Gasteiger partial charge in [0.15, 0.2) is 0 Å². The Morgan fingerprint density at radius 1 is 0.971 bits per heavy atom. The number of likely N-dealkylation sites (tertiary alicyclic amines) is 1. The monoisotopic (exact) mass is 508 g/mol. The molecule has 35 heavy (non-hydrogen) atoms. The highest BCUT2D eigenvalue weighted by Gasteiger charge is 2.30. The molecule has 0 atom stereocenters. The van der Waals surface area contributed by atoms with Crippen LogP contribution in [0.2, 0.25) is 5.02 Å². The first-order chi connectivity index (χ1) is 16.8. The van der Waals surface area contributed by atoms with E-state index in [4.69, 9.17) is 11.6 Å². The molecular formula is C26H32ClF3N4O. The molecule has 9 heteroatoms. The highest BCUT2D eigenvalue weighted by atomic mass is 35.5. The number of anilines is 2. The standard InChI is InChI=1S/C26H32ClF3N4O/c27-21-3-1-4-23(19-21)31-22-10-13-34(14-11-22)25(35)5-2-12-32-15-17-33(18-16-32)24-8-6-20(7-9-24)26(28,29)30/h1,3-4,6-9,19,22,31H,2,5,10-18H2. The maximum Gasteiger partial charge on any atom is 0.416 e. The van der Waals surface area contributed by atoms with E-state index >= 15 is 0 Å². The van der Waals surface area contributed by atoms with Crippen molar-refractivity contribution in [2.45, 2.75) is 37.9 Å². The average Bonchev–Trinajstić information content (AvgIpc) is 2.84. The third-order valence-corrected chi connectivity index (χ3v) is 7.08. The second-order valence-electron chi connectivity index (χ2n) is 9.29. The lowest BCUT2D eigenvalue weighted by Gasteiger charge is -2.36. The van der Waals surface area contributed by atoms with Crippen molar-refractivity contribution in [3.63, 3.8) is 0 Å². The SMILES string of the molecule is O=C(CCCN1CCN(c2ccc(C(F)(F)F)cc2)CC1)N1CCC(Nc2cccc(Cl)c2)CC1. The Hall–Kier alpha value is -2.45. The third kappa shape index (κ3) is 7.27. The van der Waals surface area contributed by atoms with E-state index in [0.717, 1.165) is 88.6 Å². The number of nitrogens with one attached hydrogen (secondary N) is 1. The molecule has 2 aromatic rings. The molecule has 1 N–H and O–H groups in total. The van der Waals surface area contributed by atoms with E-state index in [9.17, 15) is 18.0 Å². The minimum Gasteiger partial charge on any atom is -0.382 e. The fourth-order valence-electron chi connectivity index (χ4n) is 4.79. The van der Waals surface area contributed by atoms with Gasteiger partial charge in [-0.2, -0.15) is 13.2 Å². The van der Waals surface area contributed by atoms with Gasteiger partial charge in [0.05, 0.1) is 5.56 Å². The lowest BCUT2D eigenvalue weighted by molar-refractivity contribution is -0.137. The van der Waals surface area contributed by atoms with Crippen molar-refractivity contribution in [3.05, 3.63) is 59.1 Å². The van der Waals surface area contributed by atoms with Crippen LogP contribution in [-0.4, -0.2) is 67.6 Å². The number of carbonyl (C=O) groups excluding carboxylic acids is 1. The molecule has 2 heterocycles. The van der Waals surface area contributed by atoms with Crippen molar-refractivity contribution in [2.75, 3.05) is 56.0 Å². The van der Waals surface area contributed by atoms with Gasteiger partial charge in [0.25, 0.3) is 0 Å². The smallest absolute Gasteiger partial charge is 0.382 e. The Bertz CT molecular complexity index is 969. The first kappa shape index (κ1) is 25.6. The number of nitrogens with zero attached hydrogens (tertiary/aromatic N) is 3. The number of amides is 1. The fourth-order valence-corrected chi connectivity index (χ4v) is 4.98. The number of rotatable bonds is 7. The van der Waals surface area contributed by atoms with Gasteiger partial charge in [-0.3, -0.25) is 9.69 Å². The minimum absolute atomic E-state index is 0.217. The van der Waals surface area contributed by atoms with Crippen LogP contribution in [-0.2, 0) is 11.0 Å². The van der Waals surface area contributed by atoms with Crippen LogP contribution < -0.4 is 10.2 Å². The Kier molecular flexibility index (Phi) is 8.44. The van der Waals surface area contributed by atoms with E-state index in [2.05, 4.69) is 15.1 Å². The molecular weight excluding hydrogens is 477 g/mol. The predicted octanol–water partition coefficient (Wildman–Crippen LogP) is 5.36. The lowest BCUT2D eigenvalue weighted by atomic mass is 10.0. The molecule has 0 aliphatic carbocycles. The van der Waals surface area contributed by atoms with Crippen LogP contribution in [0.1, 0.15) is 31.2 Å². The number of piperazine rings is 1. The van der Waals surface area contributed by atoms with E-state index in [1.165, 1.54) is 0 Å². The summed E-state index contributed by atoms with van der Waals surface area (Å²) >= 11 is 6.05. The predicted molar refractivity (Wildman–Crippen MR) is 134 cm³/mol. The Labute approximate surface area is 209 Å². The second kappa shape index (κ2) is 11.5. The van der Waals surface area contributed by atoms with Crippen LogP contribution in [0.15, 0.2) is 48.5 Å². The molecule has 0 aromatic heterocycles. The number of benzene rings is 2. The Morgan fingerprint density at radius 2 is 1.66 bits per heavy atom. The number of hydrogen-bond acceptors (Lipinski definition) is 4. The van der Waals surface area contributed by atoms with Gasteiger partial charge in [-0.25, -0.2) is 0 Å². The summed E-state index contributed by atoms with van der Waals surface area (Å²) in [6.07, 6.45) is -1.10. The van der Waals surface area contributed by atoms with Gasteiger partial charge in [0.1, 0.15) is 0 Å². The van der Waals surface area contributed by atoms with Crippen LogP contribution in [0.25, 0.3) is 0 Å². The van der Waals surface area contributed by atoms with Crippen molar-refractivity contribution < 1.29 is 18.0 Å². The van der Waals surface area contributed by atoms with Crippen LogP contribution in [0.5, 0.6) is 0 Å². The van der Waals surface area contributed by atoms with E-state index in [1.807, 2.05) is 29.2 Å². The topological polar surface area (TPSA) is 38.8 Å². The normalized spacial score (nSPS) is 18.1. The highest BCUT2D eigenvalue weighted by Crippen LogP contribution is 2.30. The van der Waals surface area contributed by atoms with Crippen LogP contribution in [0.3, 0.4) is 0 Å². The van der Waals surface area contributed by atoms with Crippen LogP contribution >= 0.6 is 11.6 Å². The molecule has 2 fully saturated rings. The van der Waals surface area contributed by atoms with Gasteiger partial charge in [-0.05, 0) is 68.3 Å². The maximum absolute atomic E-state index is 12.8. The number of hydrogen-bond donors (Lipinski definition) is 1.